The molecule has 0 saturated heterocycles. The number of carbonyl (C=O) groups is 2. The molecule has 0 aromatic heterocycles. The van der Waals surface area contributed by atoms with E-state index in [0.29, 0.717) is 11.4 Å². The van der Waals surface area contributed by atoms with Gasteiger partial charge in [0.15, 0.2) is 0 Å². The fraction of sp³-hybridized carbons (Fsp3) is 0.529. The maximum absolute atomic E-state index is 11.5. The molecular weight excluding hydrogens is 358 g/mol. The summed E-state index contributed by atoms with van der Waals surface area (Å²) in [6.07, 6.45) is -2.90. The van der Waals surface area contributed by atoms with Gasteiger partial charge in [-0.3, -0.25) is 4.79 Å². The van der Waals surface area contributed by atoms with Gasteiger partial charge in [0.2, 0.25) is 5.91 Å². The van der Waals surface area contributed by atoms with Crippen LogP contribution in [-0.4, -0.2) is 58.9 Å². The minimum Gasteiger partial charge on any atom is -0.444 e. The highest BCUT2D eigenvalue weighted by molar-refractivity contribution is 8.00. The van der Waals surface area contributed by atoms with Crippen molar-refractivity contribution in [2.24, 2.45) is 0 Å². The molecule has 1 heterocycles. The molecule has 0 radical (unpaired) electrons. The summed E-state index contributed by atoms with van der Waals surface area (Å²) < 4.78 is 5.06. The molecule has 0 unspecified atom stereocenters. The van der Waals surface area contributed by atoms with Crippen molar-refractivity contribution in [3.05, 3.63) is 18.2 Å². The lowest BCUT2D eigenvalue weighted by Crippen LogP contribution is -2.43. The Kier molecular flexibility index (Phi) is 6.74. The minimum atomic E-state index is -1.15. The quantitative estimate of drug-likeness (QED) is 0.503. The number of aliphatic hydroxyl groups is 2. The molecule has 9 heteroatoms. The molecule has 5 N–H and O–H groups in total. The van der Waals surface area contributed by atoms with Crippen LogP contribution in [0, 0.1) is 0 Å². The maximum atomic E-state index is 11.5. The van der Waals surface area contributed by atoms with Crippen LogP contribution in [0.15, 0.2) is 23.1 Å². The first kappa shape index (κ1) is 20.3. The molecule has 1 aliphatic rings. The summed E-state index contributed by atoms with van der Waals surface area (Å²) in [7, 11) is 0. The van der Waals surface area contributed by atoms with Gasteiger partial charge in [0.25, 0.3) is 0 Å². The van der Waals surface area contributed by atoms with Gasteiger partial charge in [-0.25, -0.2) is 4.79 Å². The molecule has 1 aromatic carbocycles. The average Bonchev–Trinajstić information content (AvgIpc) is 2.55. The van der Waals surface area contributed by atoms with Gasteiger partial charge in [-0.05, 0) is 39.0 Å². The van der Waals surface area contributed by atoms with Gasteiger partial charge in [-0.15, -0.1) is 11.8 Å². The minimum absolute atomic E-state index is 0.0525. The SMILES string of the molecule is CC(C)(C)OC(=O)NC[C@H](O)[C@@H](O)CNc1ccc2c(c1)NC(=O)CS2. The monoisotopic (exact) mass is 383 g/mol. The number of anilines is 2. The summed E-state index contributed by atoms with van der Waals surface area (Å²) in [6, 6.07) is 5.49. The number of benzene rings is 1. The second-order valence-corrected chi connectivity index (χ2v) is 7.96. The number of amides is 2. The van der Waals surface area contributed by atoms with Crippen LogP contribution in [0.3, 0.4) is 0 Å². The molecule has 0 fully saturated rings. The van der Waals surface area contributed by atoms with Crippen molar-refractivity contribution in [3.63, 3.8) is 0 Å². The number of carbonyl (C=O) groups excluding carboxylic acids is 2. The van der Waals surface area contributed by atoms with E-state index in [1.54, 1.807) is 26.8 Å². The van der Waals surface area contributed by atoms with Gasteiger partial charge in [0.05, 0.1) is 23.6 Å². The highest BCUT2D eigenvalue weighted by Gasteiger charge is 2.21. The van der Waals surface area contributed by atoms with E-state index in [4.69, 9.17) is 4.74 Å². The Labute approximate surface area is 156 Å². The summed E-state index contributed by atoms with van der Waals surface area (Å²) >= 11 is 1.47. The molecule has 1 aliphatic heterocycles. The fourth-order valence-corrected chi connectivity index (χ4v) is 2.98. The predicted octanol–water partition coefficient (Wildman–Crippen LogP) is 1.39. The van der Waals surface area contributed by atoms with Crippen molar-refractivity contribution >= 4 is 35.1 Å². The number of alkyl carbamates (subject to hydrolysis) is 1. The lowest BCUT2D eigenvalue weighted by Gasteiger charge is -2.23. The van der Waals surface area contributed by atoms with Gasteiger partial charge in [-0.2, -0.15) is 0 Å². The zero-order valence-electron chi connectivity index (χ0n) is 15.0. The van der Waals surface area contributed by atoms with Crippen molar-refractivity contribution in [1.29, 1.82) is 0 Å². The zero-order valence-corrected chi connectivity index (χ0v) is 15.9. The highest BCUT2D eigenvalue weighted by Crippen LogP contribution is 2.33. The molecule has 2 rings (SSSR count). The van der Waals surface area contributed by atoms with Crippen LogP contribution in [0.5, 0.6) is 0 Å². The van der Waals surface area contributed by atoms with E-state index in [1.165, 1.54) is 11.8 Å². The Morgan fingerprint density at radius 1 is 1.31 bits per heavy atom. The number of rotatable bonds is 6. The molecular formula is C17H25N3O5S. The first-order valence-electron chi connectivity index (χ1n) is 8.27. The first-order chi connectivity index (χ1) is 12.1. The second kappa shape index (κ2) is 8.61. The summed E-state index contributed by atoms with van der Waals surface area (Å²) in [5.41, 5.74) is 0.797. The van der Waals surface area contributed by atoms with Crippen LogP contribution < -0.4 is 16.0 Å². The van der Waals surface area contributed by atoms with Crippen LogP contribution in [0.4, 0.5) is 16.2 Å². The van der Waals surface area contributed by atoms with Gasteiger partial charge in [-0.1, -0.05) is 0 Å². The summed E-state index contributed by atoms with van der Waals surface area (Å²) in [4.78, 5) is 24.0. The standard InChI is InChI=1S/C17H25N3O5S/c1-17(2,3)25-16(24)19-8-13(22)12(21)7-18-10-4-5-14-11(6-10)20-15(23)9-26-14/h4-6,12-13,18,21-22H,7-9H2,1-3H3,(H,19,24)(H,20,23)/t12-,13-/m0/s1. The van der Waals surface area contributed by atoms with E-state index in [9.17, 15) is 19.8 Å². The third kappa shape index (κ3) is 6.40. The lowest BCUT2D eigenvalue weighted by atomic mass is 10.2. The van der Waals surface area contributed by atoms with E-state index >= 15 is 0 Å². The highest BCUT2D eigenvalue weighted by atomic mass is 32.2. The molecule has 26 heavy (non-hydrogen) atoms. The predicted molar refractivity (Wildman–Crippen MR) is 101 cm³/mol. The number of ether oxygens (including phenoxy) is 1. The molecule has 0 spiro atoms. The van der Waals surface area contributed by atoms with Crippen molar-refractivity contribution in [2.75, 3.05) is 29.5 Å². The van der Waals surface area contributed by atoms with Crippen molar-refractivity contribution in [2.45, 2.75) is 43.5 Å². The Morgan fingerprint density at radius 2 is 2.00 bits per heavy atom. The molecule has 2 atom stereocenters. The molecule has 8 nitrogen and oxygen atoms in total. The van der Waals surface area contributed by atoms with Gasteiger partial charge in [0, 0.05) is 23.7 Å². The molecule has 0 bridgehead atoms. The normalized spacial score (nSPS) is 16.1. The maximum Gasteiger partial charge on any atom is 0.407 e. The summed E-state index contributed by atoms with van der Waals surface area (Å²) in [6.45, 7) is 5.16. The molecule has 144 valence electrons. The number of nitrogens with one attached hydrogen (secondary N) is 3. The van der Waals surface area contributed by atoms with Crippen LogP contribution >= 0.6 is 11.8 Å². The van der Waals surface area contributed by atoms with Gasteiger partial charge >= 0.3 is 6.09 Å². The number of hydrogen-bond donors (Lipinski definition) is 5. The number of fused-ring (bicyclic) bond motifs is 1. The van der Waals surface area contributed by atoms with Crippen LogP contribution in [0.25, 0.3) is 0 Å². The number of hydrogen-bond acceptors (Lipinski definition) is 7. The van der Waals surface area contributed by atoms with E-state index in [1.807, 2.05) is 12.1 Å². The van der Waals surface area contributed by atoms with E-state index < -0.39 is 23.9 Å². The van der Waals surface area contributed by atoms with Gasteiger partial charge < -0.3 is 30.9 Å². The lowest BCUT2D eigenvalue weighted by molar-refractivity contribution is -0.113. The largest absolute Gasteiger partial charge is 0.444 e. The average molecular weight is 383 g/mol. The van der Waals surface area contributed by atoms with E-state index in [-0.39, 0.29) is 19.0 Å². The fourth-order valence-electron chi connectivity index (χ4n) is 2.19. The third-order valence-corrected chi connectivity index (χ3v) is 4.50. The van der Waals surface area contributed by atoms with E-state index in [2.05, 4.69) is 16.0 Å². The number of aliphatic hydroxyl groups excluding tert-OH is 2. The summed E-state index contributed by atoms with van der Waals surface area (Å²) in [5.74, 6) is 0.346. The Balaban J connectivity index is 1.79. The van der Waals surface area contributed by atoms with Gasteiger partial charge in [0.1, 0.15) is 5.60 Å². The van der Waals surface area contributed by atoms with Crippen LogP contribution in [0.2, 0.25) is 0 Å². The Hall–Kier alpha value is -1.97. The zero-order chi connectivity index (χ0) is 19.3. The third-order valence-electron chi connectivity index (χ3n) is 3.43. The first-order valence-corrected chi connectivity index (χ1v) is 9.26. The van der Waals surface area contributed by atoms with E-state index in [0.717, 1.165) is 10.6 Å². The molecule has 2 amide bonds. The molecule has 0 saturated carbocycles. The topological polar surface area (TPSA) is 120 Å². The molecule has 0 aliphatic carbocycles. The number of thioether (sulfide) groups is 1. The second-order valence-electron chi connectivity index (χ2n) is 6.95. The van der Waals surface area contributed by atoms with Crippen molar-refractivity contribution in [1.82, 2.24) is 5.32 Å². The Bertz CT molecular complexity index is 662. The van der Waals surface area contributed by atoms with Crippen molar-refractivity contribution < 1.29 is 24.5 Å². The summed E-state index contributed by atoms with van der Waals surface area (Å²) in [5, 5.41) is 28.2. The Morgan fingerprint density at radius 3 is 2.69 bits per heavy atom. The van der Waals surface area contributed by atoms with Crippen LogP contribution in [0.1, 0.15) is 20.8 Å². The smallest absolute Gasteiger partial charge is 0.407 e. The van der Waals surface area contributed by atoms with Crippen molar-refractivity contribution in [3.8, 4) is 0 Å². The van der Waals surface area contributed by atoms with Crippen LogP contribution in [-0.2, 0) is 9.53 Å². The molecule has 1 aromatic rings.